The number of anilines is 4. The van der Waals surface area contributed by atoms with Gasteiger partial charge < -0.3 is 20.2 Å². The van der Waals surface area contributed by atoms with Crippen LogP contribution in [0.5, 0.6) is 0 Å². The molecule has 0 unspecified atom stereocenters. The fourth-order valence-corrected chi connectivity index (χ4v) is 4.35. The minimum Gasteiger partial charge on any atom is -0.478 e. The molecule has 3 aromatic rings. The van der Waals surface area contributed by atoms with Crippen LogP contribution < -0.4 is 15.1 Å². The minimum atomic E-state index is -0.955. The van der Waals surface area contributed by atoms with E-state index in [1.165, 1.54) is 29.1 Å². The summed E-state index contributed by atoms with van der Waals surface area (Å²) < 4.78 is 0. The number of hydrogen-bond acceptors (Lipinski definition) is 6. The topological polar surface area (TPSA) is 71.9 Å². The van der Waals surface area contributed by atoms with Gasteiger partial charge in [-0.15, -0.1) is 0 Å². The molecule has 1 aliphatic heterocycles. The van der Waals surface area contributed by atoms with Crippen LogP contribution >= 0.6 is 0 Å². The van der Waals surface area contributed by atoms with E-state index in [2.05, 4.69) is 81.6 Å². The van der Waals surface area contributed by atoms with Gasteiger partial charge in [0.2, 0.25) is 0 Å². The number of fused-ring (bicyclic) bond motifs is 1. The van der Waals surface area contributed by atoms with Crippen LogP contribution in [0.4, 0.5) is 22.7 Å². The lowest BCUT2D eigenvalue weighted by Crippen LogP contribution is -2.36. The standard InChI is InChI=1S/C26H31N5O2/c1-29(2)19-5-7-20(8-6-19)31(4)21-9-10-22-18(15-21)12-14-30(3)25(22)17-28-24-16-27-13-11-23(24)26(32)33/h5-11,13,15-16,25,28H,12,14,17H2,1-4H3,(H,32,33)/t25-/m0/s1. The number of hydrogen-bond donors (Lipinski definition) is 2. The van der Waals surface area contributed by atoms with Crippen LogP contribution in [0.15, 0.2) is 60.9 Å². The molecule has 172 valence electrons. The average Bonchev–Trinajstić information content (AvgIpc) is 2.83. The average molecular weight is 446 g/mol. The highest BCUT2D eigenvalue weighted by Gasteiger charge is 2.25. The van der Waals surface area contributed by atoms with Crippen molar-refractivity contribution in [3.8, 4) is 0 Å². The summed E-state index contributed by atoms with van der Waals surface area (Å²) in [6.45, 7) is 1.56. The highest BCUT2D eigenvalue weighted by atomic mass is 16.4. The van der Waals surface area contributed by atoms with E-state index in [0.717, 1.165) is 24.3 Å². The minimum absolute atomic E-state index is 0.148. The highest BCUT2D eigenvalue weighted by molar-refractivity contribution is 5.93. The summed E-state index contributed by atoms with van der Waals surface area (Å²) in [5.41, 5.74) is 6.86. The summed E-state index contributed by atoms with van der Waals surface area (Å²) in [7, 11) is 8.29. The van der Waals surface area contributed by atoms with E-state index in [-0.39, 0.29) is 11.6 Å². The molecular weight excluding hydrogens is 414 g/mol. The van der Waals surface area contributed by atoms with Crippen LogP contribution in [0.25, 0.3) is 0 Å². The number of benzene rings is 2. The molecule has 1 aromatic heterocycles. The van der Waals surface area contributed by atoms with Crippen molar-refractivity contribution in [3.05, 3.63) is 77.6 Å². The predicted molar refractivity (Wildman–Crippen MR) is 134 cm³/mol. The van der Waals surface area contributed by atoms with E-state index in [9.17, 15) is 9.90 Å². The van der Waals surface area contributed by atoms with Crippen molar-refractivity contribution in [3.63, 3.8) is 0 Å². The number of carboxylic acid groups (broad SMARTS) is 1. The van der Waals surface area contributed by atoms with Crippen LogP contribution in [0.3, 0.4) is 0 Å². The normalized spacial score (nSPS) is 15.6. The second-order valence-electron chi connectivity index (χ2n) is 8.71. The number of aromatic carboxylic acids is 1. The van der Waals surface area contributed by atoms with Gasteiger partial charge in [0, 0.05) is 57.5 Å². The number of nitrogens with zero attached hydrogens (tertiary/aromatic N) is 4. The van der Waals surface area contributed by atoms with Gasteiger partial charge in [0.1, 0.15) is 0 Å². The molecule has 2 aromatic carbocycles. The Morgan fingerprint density at radius 1 is 1.09 bits per heavy atom. The summed E-state index contributed by atoms with van der Waals surface area (Å²) in [4.78, 5) is 22.2. The lowest BCUT2D eigenvalue weighted by atomic mass is 9.92. The van der Waals surface area contributed by atoms with Gasteiger partial charge in [-0.2, -0.15) is 0 Å². The zero-order valence-corrected chi connectivity index (χ0v) is 19.6. The predicted octanol–water partition coefficient (Wildman–Crippen LogP) is 4.25. The molecule has 0 fully saturated rings. The van der Waals surface area contributed by atoms with Gasteiger partial charge in [0.05, 0.1) is 23.5 Å². The maximum absolute atomic E-state index is 11.5. The van der Waals surface area contributed by atoms with Crippen molar-refractivity contribution < 1.29 is 9.90 Å². The van der Waals surface area contributed by atoms with Crippen LogP contribution in [-0.4, -0.2) is 62.2 Å². The third-order valence-corrected chi connectivity index (χ3v) is 6.43. The Kier molecular flexibility index (Phi) is 6.51. The third-order valence-electron chi connectivity index (χ3n) is 6.43. The van der Waals surface area contributed by atoms with Crippen LogP contribution in [0.2, 0.25) is 0 Å². The number of pyridine rings is 1. The maximum Gasteiger partial charge on any atom is 0.337 e. The quantitative estimate of drug-likeness (QED) is 0.563. The van der Waals surface area contributed by atoms with Gasteiger partial charge in [0.25, 0.3) is 0 Å². The van der Waals surface area contributed by atoms with Crippen LogP contribution in [-0.2, 0) is 6.42 Å². The lowest BCUT2D eigenvalue weighted by Gasteiger charge is -2.36. The molecule has 1 aliphatic rings. The van der Waals surface area contributed by atoms with Gasteiger partial charge >= 0.3 is 5.97 Å². The van der Waals surface area contributed by atoms with Crippen molar-refractivity contribution >= 4 is 28.7 Å². The summed E-state index contributed by atoms with van der Waals surface area (Å²) in [6.07, 6.45) is 4.06. The Labute approximate surface area is 195 Å². The molecule has 0 aliphatic carbocycles. The van der Waals surface area contributed by atoms with Crippen molar-refractivity contribution in [1.82, 2.24) is 9.88 Å². The molecule has 0 amide bonds. The summed E-state index contributed by atoms with van der Waals surface area (Å²) >= 11 is 0. The van der Waals surface area contributed by atoms with E-state index < -0.39 is 5.97 Å². The van der Waals surface area contributed by atoms with E-state index in [1.54, 1.807) is 6.20 Å². The number of carboxylic acids is 1. The SMILES string of the molecule is CN(C)c1ccc(N(C)c2ccc3c(c2)CCN(C)[C@H]3CNc2cnccc2C(=O)O)cc1. The molecule has 0 bridgehead atoms. The van der Waals surface area contributed by atoms with Gasteiger partial charge in [-0.3, -0.25) is 9.88 Å². The molecule has 1 atom stereocenters. The summed E-state index contributed by atoms with van der Waals surface area (Å²) in [5, 5.41) is 12.8. The van der Waals surface area contributed by atoms with Crippen molar-refractivity contribution in [2.24, 2.45) is 0 Å². The first-order chi connectivity index (χ1) is 15.8. The Morgan fingerprint density at radius 3 is 2.48 bits per heavy atom. The molecule has 0 spiro atoms. The molecule has 0 saturated carbocycles. The molecule has 2 N–H and O–H groups in total. The van der Waals surface area contributed by atoms with Crippen molar-refractivity contribution in [2.75, 3.05) is 56.4 Å². The highest BCUT2D eigenvalue weighted by Crippen LogP contribution is 2.34. The first kappa shape index (κ1) is 22.6. The number of aromatic nitrogens is 1. The van der Waals surface area contributed by atoms with E-state index in [4.69, 9.17) is 0 Å². The maximum atomic E-state index is 11.5. The molecular formula is C26H31N5O2. The Hall–Kier alpha value is -3.58. The Morgan fingerprint density at radius 2 is 1.79 bits per heavy atom. The number of rotatable bonds is 7. The summed E-state index contributed by atoms with van der Waals surface area (Å²) in [5.74, 6) is -0.955. The first-order valence-electron chi connectivity index (χ1n) is 11.1. The van der Waals surface area contributed by atoms with Gasteiger partial charge in [-0.05, 0) is 67.1 Å². The first-order valence-corrected chi connectivity index (χ1v) is 11.1. The van der Waals surface area contributed by atoms with Crippen LogP contribution in [0, 0.1) is 0 Å². The summed E-state index contributed by atoms with van der Waals surface area (Å²) in [6, 6.07) is 16.9. The van der Waals surface area contributed by atoms with Gasteiger partial charge in [0.15, 0.2) is 0 Å². The fraction of sp³-hybridized carbons (Fsp3) is 0.308. The van der Waals surface area contributed by atoms with E-state index >= 15 is 0 Å². The number of likely N-dealkylation sites (N-methyl/N-ethyl adjacent to an activating group) is 1. The molecule has 0 saturated heterocycles. The largest absolute Gasteiger partial charge is 0.478 e. The molecule has 4 rings (SSSR count). The Balaban J connectivity index is 1.54. The zero-order valence-electron chi connectivity index (χ0n) is 19.6. The van der Waals surface area contributed by atoms with Gasteiger partial charge in [-0.1, -0.05) is 6.07 Å². The number of carbonyl (C=O) groups is 1. The lowest BCUT2D eigenvalue weighted by molar-refractivity contribution is 0.0697. The number of nitrogens with one attached hydrogen (secondary N) is 1. The second kappa shape index (κ2) is 9.50. The van der Waals surface area contributed by atoms with Gasteiger partial charge in [-0.25, -0.2) is 4.79 Å². The molecule has 7 nitrogen and oxygen atoms in total. The van der Waals surface area contributed by atoms with Crippen molar-refractivity contribution in [1.29, 1.82) is 0 Å². The molecule has 7 heteroatoms. The monoisotopic (exact) mass is 445 g/mol. The fourth-order valence-electron chi connectivity index (χ4n) is 4.35. The van der Waals surface area contributed by atoms with E-state index in [0.29, 0.717) is 12.2 Å². The van der Waals surface area contributed by atoms with E-state index in [1.807, 2.05) is 14.1 Å². The van der Waals surface area contributed by atoms with Crippen LogP contribution in [0.1, 0.15) is 27.5 Å². The molecule has 2 heterocycles. The van der Waals surface area contributed by atoms with Crippen molar-refractivity contribution in [2.45, 2.75) is 12.5 Å². The third kappa shape index (κ3) is 4.78. The zero-order chi connectivity index (χ0) is 23.5. The second-order valence-corrected chi connectivity index (χ2v) is 8.71. The Bertz CT molecular complexity index is 1130. The molecule has 0 radical (unpaired) electrons. The molecule has 33 heavy (non-hydrogen) atoms. The smallest absolute Gasteiger partial charge is 0.337 e.